The van der Waals surface area contributed by atoms with Crippen LogP contribution in [0.3, 0.4) is 0 Å². The summed E-state index contributed by atoms with van der Waals surface area (Å²) in [6, 6.07) is 1.23. The second-order valence-corrected chi connectivity index (χ2v) is 5.58. The Morgan fingerprint density at radius 2 is 1.63 bits per heavy atom. The summed E-state index contributed by atoms with van der Waals surface area (Å²) in [4.78, 5) is 16.7. The van der Waals surface area contributed by atoms with Crippen LogP contribution in [0, 0.1) is 6.92 Å². The van der Waals surface area contributed by atoms with Crippen molar-refractivity contribution in [3.63, 3.8) is 0 Å². The van der Waals surface area contributed by atoms with Gasteiger partial charge in [0.1, 0.15) is 0 Å². The predicted molar refractivity (Wildman–Crippen MR) is 79.4 cm³/mol. The SMILES string of the molecule is CON(C)C(=O)c1nnn(Cc2cc(C(F)(F)F)cc(C(F)(F)F)c2)c1C. The maximum Gasteiger partial charge on any atom is 0.416 e. The zero-order valence-corrected chi connectivity index (χ0v) is 14.3. The summed E-state index contributed by atoms with van der Waals surface area (Å²) in [7, 11) is 2.54. The van der Waals surface area contributed by atoms with Crippen LogP contribution in [-0.4, -0.2) is 40.1 Å². The molecule has 0 atom stereocenters. The number of hydrogen-bond acceptors (Lipinski definition) is 4. The summed E-state index contributed by atoms with van der Waals surface area (Å²) in [6.45, 7) is 0.977. The van der Waals surface area contributed by atoms with Gasteiger partial charge in [-0.2, -0.15) is 26.3 Å². The minimum Gasteiger partial charge on any atom is -0.274 e. The Kier molecular flexibility index (Phi) is 5.50. The van der Waals surface area contributed by atoms with Gasteiger partial charge in [-0.15, -0.1) is 5.10 Å². The van der Waals surface area contributed by atoms with Crippen molar-refractivity contribution in [1.82, 2.24) is 20.1 Å². The summed E-state index contributed by atoms with van der Waals surface area (Å²) in [5, 5.41) is 8.11. The number of amides is 1. The molecule has 2 aromatic rings. The molecular formula is C15H14F6N4O2. The third-order valence-corrected chi connectivity index (χ3v) is 3.72. The summed E-state index contributed by atoms with van der Waals surface area (Å²) in [6.07, 6.45) is -9.90. The highest BCUT2D eigenvalue weighted by molar-refractivity contribution is 5.92. The van der Waals surface area contributed by atoms with Crippen molar-refractivity contribution in [2.75, 3.05) is 14.2 Å². The van der Waals surface area contributed by atoms with E-state index in [1.165, 1.54) is 21.1 Å². The number of alkyl halides is 6. The van der Waals surface area contributed by atoms with Gasteiger partial charge in [-0.1, -0.05) is 5.21 Å². The van der Waals surface area contributed by atoms with Crippen LogP contribution in [0.25, 0.3) is 0 Å². The van der Waals surface area contributed by atoms with Gasteiger partial charge >= 0.3 is 12.4 Å². The molecule has 0 aliphatic heterocycles. The zero-order chi connectivity index (χ0) is 20.6. The molecule has 0 radical (unpaired) electrons. The van der Waals surface area contributed by atoms with Crippen molar-refractivity contribution in [3.05, 3.63) is 46.3 Å². The Hall–Kier alpha value is -2.63. The van der Waals surface area contributed by atoms with Crippen molar-refractivity contribution in [2.24, 2.45) is 0 Å². The minimum atomic E-state index is -4.95. The van der Waals surface area contributed by atoms with E-state index in [2.05, 4.69) is 10.3 Å². The van der Waals surface area contributed by atoms with Crippen LogP contribution >= 0.6 is 0 Å². The van der Waals surface area contributed by atoms with Crippen LogP contribution in [0.15, 0.2) is 18.2 Å². The second-order valence-electron chi connectivity index (χ2n) is 5.58. The van der Waals surface area contributed by atoms with E-state index in [0.29, 0.717) is 12.1 Å². The van der Waals surface area contributed by atoms with E-state index in [1.54, 1.807) is 0 Å². The van der Waals surface area contributed by atoms with Gasteiger partial charge in [-0.05, 0) is 30.7 Å². The molecule has 1 aromatic heterocycles. The zero-order valence-electron chi connectivity index (χ0n) is 14.3. The molecule has 0 N–H and O–H groups in total. The van der Waals surface area contributed by atoms with Crippen LogP contribution in [-0.2, 0) is 23.7 Å². The summed E-state index contributed by atoms with van der Waals surface area (Å²) in [5.74, 6) is -0.665. The first kappa shape index (κ1) is 20.7. The number of hydrogen-bond donors (Lipinski definition) is 0. The summed E-state index contributed by atoms with van der Waals surface area (Å²) in [5.41, 5.74) is -3.12. The van der Waals surface area contributed by atoms with Gasteiger partial charge in [0.15, 0.2) is 5.69 Å². The molecule has 2 rings (SSSR count). The van der Waals surface area contributed by atoms with Crippen molar-refractivity contribution in [2.45, 2.75) is 25.8 Å². The molecule has 27 heavy (non-hydrogen) atoms. The molecule has 1 aromatic carbocycles. The smallest absolute Gasteiger partial charge is 0.274 e. The van der Waals surface area contributed by atoms with Crippen LogP contribution in [0.5, 0.6) is 0 Å². The van der Waals surface area contributed by atoms with Crippen LogP contribution in [0.4, 0.5) is 26.3 Å². The fourth-order valence-corrected chi connectivity index (χ4v) is 2.22. The summed E-state index contributed by atoms with van der Waals surface area (Å²) >= 11 is 0. The van der Waals surface area contributed by atoms with Gasteiger partial charge in [-0.25, -0.2) is 9.75 Å². The highest BCUT2D eigenvalue weighted by Gasteiger charge is 2.37. The molecule has 1 amide bonds. The Balaban J connectivity index is 2.43. The Bertz CT molecular complexity index is 812. The van der Waals surface area contributed by atoms with Crippen LogP contribution in [0.1, 0.15) is 32.9 Å². The number of aromatic nitrogens is 3. The van der Waals surface area contributed by atoms with E-state index in [1.807, 2.05) is 0 Å². The fraction of sp³-hybridized carbons (Fsp3) is 0.400. The first-order chi connectivity index (χ1) is 12.3. The number of carbonyl (C=O) groups is 1. The molecule has 0 bridgehead atoms. The van der Waals surface area contributed by atoms with Gasteiger partial charge < -0.3 is 0 Å². The number of hydroxylamine groups is 2. The lowest BCUT2D eigenvalue weighted by Crippen LogP contribution is -2.26. The lowest BCUT2D eigenvalue weighted by Gasteiger charge is -2.15. The Labute approximate surface area is 149 Å². The number of nitrogens with zero attached hydrogens (tertiary/aromatic N) is 4. The van der Waals surface area contributed by atoms with Gasteiger partial charge in [0.2, 0.25) is 0 Å². The molecule has 6 nitrogen and oxygen atoms in total. The molecule has 148 valence electrons. The Morgan fingerprint density at radius 3 is 2.07 bits per heavy atom. The molecule has 0 saturated carbocycles. The van der Waals surface area contributed by atoms with Crippen molar-refractivity contribution >= 4 is 5.91 Å². The summed E-state index contributed by atoms with van der Waals surface area (Å²) < 4.78 is 78.6. The number of halogens is 6. The molecule has 0 aliphatic rings. The highest BCUT2D eigenvalue weighted by atomic mass is 19.4. The maximum absolute atomic E-state index is 12.9. The van der Waals surface area contributed by atoms with Gasteiger partial charge in [0.25, 0.3) is 5.91 Å². The normalized spacial score (nSPS) is 12.3. The third-order valence-electron chi connectivity index (χ3n) is 3.72. The quantitative estimate of drug-likeness (QED) is 0.588. The second kappa shape index (κ2) is 7.18. The van der Waals surface area contributed by atoms with Crippen molar-refractivity contribution in [3.8, 4) is 0 Å². The minimum absolute atomic E-state index is 0.0419. The average molecular weight is 396 g/mol. The fourth-order valence-electron chi connectivity index (χ4n) is 2.22. The number of rotatable bonds is 4. The molecule has 0 aliphatic carbocycles. The van der Waals surface area contributed by atoms with Gasteiger partial charge in [-0.3, -0.25) is 9.63 Å². The topological polar surface area (TPSA) is 60.2 Å². The average Bonchev–Trinajstić information content (AvgIpc) is 2.92. The van der Waals surface area contributed by atoms with Crippen LogP contribution < -0.4 is 0 Å². The lowest BCUT2D eigenvalue weighted by molar-refractivity contribution is -0.143. The predicted octanol–water partition coefficient (Wildman–Crippen LogP) is 3.31. The molecule has 0 unspecified atom stereocenters. The van der Waals surface area contributed by atoms with E-state index in [9.17, 15) is 31.1 Å². The molecule has 0 fully saturated rings. The highest BCUT2D eigenvalue weighted by Crippen LogP contribution is 2.36. The van der Waals surface area contributed by atoms with Crippen molar-refractivity contribution in [1.29, 1.82) is 0 Å². The van der Waals surface area contributed by atoms with Gasteiger partial charge in [0, 0.05) is 7.05 Å². The van der Waals surface area contributed by atoms with Crippen molar-refractivity contribution < 1.29 is 36.0 Å². The van der Waals surface area contributed by atoms with Gasteiger partial charge in [0.05, 0.1) is 30.5 Å². The van der Waals surface area contributed by atoms with E-state index in [0.717, 1.165) is 9.75 Å². The van der Waals surface area contributed by atoms with E-state index >= 15 is 0 Å². The van der Waals surface area contributed by atoms with E-state index < -0.39 is 35.9 Å². The van der Waals surface area contributed by atoms with E-state index in [4.69, 9.17) is 4.84 Å². The lowest BCUT2D eigenvalue weighted by atomic mass is 10.0. The number of benzene rings is 1. The first-order valence-electron chi connectivity index (χ1n) is 7.35. The maximum atomic E-state index is 12.9. The molecule has 0 saturated heterocycles. The monoisotopic (exact) mass is 396 g/mol. The Morgan fingerprint density at radius 1 is 1.11 bits per heavy atom. The van der Waals surface area contributed by atoms with E-state index in [-0.39, 0.29) is 23.0 Å². The van der Waals surface area contributed by atoms with Crippen LogP contribution in [0.2, 0.25) is 0 Å². The molecule has 1 heterocycles. The molecule has 0 spiro atoms. The number of carbonyl (C=O) groups excluding carboxylic acids is 1. The largest absolute Gasteiger partial charge is 0.416 e. The molecular weight excluding hydrogens is 382 g/mol. The first-order valence-corrected chi connectivity index (χ1v) is 7.35. The molecule has 12 heteroatoms. The standard InChI is InChI=1S/C15H14F6N4O2/c1-8-12(13(26)24(2)27-3)22-23-25(8)7-9-4-10(14(16,17)18)6-11(5-9)15(19,20)21/h4-6H,7H2,1-3H3. The third kappa shape index (κ3) is 4.56.